The number of esters is 1. The lowest BCUT2D eigenvalue weighted by Gasteiger charge is -2.35. The van der Waals surface area contributed by atoms with Gasteiger partial charge in [-0.3, -0.25) is 4.98 Å². The maximum absolute atomic E-state index is 12.6. The number of carbonyl (C=O) groups is 1. The van der Waals surface area contributed by atoms with E-state index in [9.17, 15) is 4.79 Å². The summed E-state index contributed by atoms with van der Waals surface area (Å²) >= 11 is 0. The minimum Gasteiger partial charge on any atom is -0.462 e. The number of hydrogen-bond donors (Lipinski definition) is 0. The van der Waals surface area contributed by atoms with Crippen LogP contribution in [0.5, 0.6) is 0 Å². The highest BCUT2D eigenvalue weighted by Gasteiger charge is 2.27. The molecule has 0 bridgehead atoms. The van der Waals surface area contributed by atoms with E-state index in [-0.39, 0.29) is 12.1 Å². The van der Waals surface area contributed by atoms with Crippen molar-refractivity contribution in [3.63, 3.8) is 0 Å². The zero-order valence-electron chi connectivity index (χ0n) is 15.9. The maximum Gasteiger partial charge on any atom is 0.341 e. The summed E-state index contributed by atoms with van der Waals surface area (Å²) in [4.78, 5) is 19.3. The van der Waals surface area contributed by atoms with Crippen LogP contribution in [-0.2, 0) is 14.2 Å². The molecule has 0 spiro atoms. The third-order valence-electron chi connectivity index (χ3n) is 4.84. The molecular weight excluding hydrogens is 332 g/mol. The van der Waals surface area contributed by atoms with Gasteiger partial charge in [-0.2, -0.15) is 0 Å². The van der Waals surface area contributed by atoms with Crippen LogP contribution >= 0.6 is 0 Å². The van der Waals surface area contributed by atoms with Crippen LogP contribution in [0.2, 0.25) is 0 Å². The third-order valence-corrected chi connectivity index (χ3v) is 4.84. The van der Waals surface area contributed by atoms with Gasteiger partial charge in [0.2, 0.25) is 0 Å². The van der Waals surface area contributed by atoms with E-state index in [2.05, 4.69) is 29.8 Å². The summed E-state index contributed by atoms with van der Waals surface area (Å²) in [6.45, 7) is 8.74. The number of nitrogens with zero attached hydrogens (tertiary/aromatic N) is 2. The minimum absolute atomic E-state index is 0.0291. The Morgan fingerprint density at radius 1 is 1.38 bits per heavy atom. The standard InChI is InChI=1S/C20H26N2O4/c1-5-25-20(23)17-10-21-18-14(3)13(2)6-7-16(18)19(17)22-8-9-26-15(11-22)12-24-4/h6-7,10,15H,5,8-9,11-12H2,1-4H3. The average Bonchev–Trinajstić information content (AvgIpc) is 2.64. The Hall–Kier alpha value is -2.18. The Morgan fingerprint density at radius 3 is 2.92 bits per heavy atom. The minimum atomic E-state index is -0.343. The van der Waals surface area contributed by atoms with Gasteiger partial charge < -0.3 is 19.1 Å². The Kier molecular flexibility index (Phi) is 5.74. The van der Waals surface area contributed by atoms with E-state index in [1.54, 1.807) is 13.3 Å². The molecule has 1 aliphatic heterocycles. The topological polar surface area (TPSA) is 60.9 Å². The van der Waals surface area contributed by atoms with E-state index in [1.807, 2.05) is 13.0 Å². The molecule has 1 unspecified atom stereocenters. The van der Waals surface area contributed by atoms with E-state index in [0.717, 1.165) is 22.2 Å². The average molecular weight is 358 g/mol. The Morgan fingerprint density at radius 2 is 2.19 bits per heavy atom. The van der Waals surface area contributed by atoms with Crippen molar-refractivity contribution in [2.24, 2.45) is 0 Å². The van der Waals surface area contributed by atoms with Crippen LogP contribution in [0, 0.1) is 13.8 Å². The smallest absolute Gasteiger partial charge is 0.341 e. The lowest BCUT2D eigenvalue weighted by atomic mass is 10.0. The van der Waals surface area contributed by atoms with Gasteiger partial charge in [0.25, 0.3) is 0 Å². The molecule has 0 N–H and O–H groups in total. The molecule has 0 saturated carbocycles. The quantitative estimate of drug-likeness (QED) is 0.766. The summed E-state index contributed by atoms with van der Waals surface area (Å²) in [5.74, 6) is -0.343. The second kappa shape index (κ2) is 8.01. The van der Waals surface area contributed by atoms with E-state index in [0.29, 0.717) is 38.5 Å². The fourth-order valence-electron chi connectivity index (χ4n) is 3.40. The SMILES string of the molecule is CCOC(=O)c1cnc2c(C)c(C)ccc2c1N1CCOC(COC)C1. The van der Waals surface area contributed by atoms with Gasteiger partial charge in [-0.15, -0.1) is 0 Å². The van der Waals surface area contributed by atoms with E-state index >= 15 is 0 Å². The number of carbonyl (C=O) groups excluding carboxylic acids is 1. The van der Waals surface area contributed by atoms with Crippen molar-refractivity contribution >= 4 is 22.6 Å². The van der Waals surface area contributed by atoms with Gasteiger partial charge in [0, 0.05) is 31.8 Å². The second-order valence-corrected chi connectivity index (χ2v) is 6.54. The molecule has 1 fully saturated rings. The second-order valence-electron chi connectivity index (χ2n) is 6.54. The van der Waals surface area contributed by atoms with Gasteiger partial charge in [-0.25, -0.2) is 4.79 Å². The molecule has 6 nitrogen and oxygen atoms in total. The van der Waals surface area contributed by atoms with Crippen LogP contribution in [0.3, 0.4) is 0 Å². The molecule has 2 heterocycles. The van der Waals surface area contributed by atoms with Crippen molar-refractivity contribution < 1.29 is 19.0 Å². The molecule has 0 aliphatic carbocycles. The Labute approximate surface area is 154 Å². The summed E-state index contributed by atoms with van der Waals surface area (Å²) in [6, 6.07) is 4.12. The normalized spacial score (nSPS) is 17.5. The predicted octanol–water partition coefficient (Wildman–Crippen LogP) is 2.88. The van der Waals surface area contributed by atoms with E-state index in [4.69, 9.17) is 14.2 Å². The van der Waals surface area contributed by atoms with Crippen LogP contribution in [0.1, 0.15) is 28.4 Å². The molecule has 140 valence electrons. The zero-order valence-corrected chi connectivity index (χ0v) is 15.9. The van der Waals surface area contributed by atoms with Gasteiger partial charge in [0.15, 0.2) is 0 Å². The van der Waals surface area contributed by atoms with Gasteiger partial charge in [0.1, 0.15) is 5.56 Å². The number of anilines is 1. The monoisotopic (exact) mass is 358 g/mol. The molecule has 1 aromatic heterocycles. The number of benzene rings is 1. The molecular formula is C20H26N2O4. The van der Waals surface area contributed by atoms with E-state index < -0.39 is 0 Å². The third kappa shape index (κ3) is 3.52. The van der Waals surface area contributed by atoms with Crippen LogP contribution < -0.4 is 4.90 Å². The fourth-order valence-corrected chi connectivity index (χ4v) is 3.40. The Bertz CT molecular complexity index is 804. The molecule has 1 aliphatic rings. The largest absolute Gasteiger partial charge is 0.462 e. The van der Waals surface area contributed by atoms with Gasteiger partial charge in [-0.1, -0.05) is 12.1 Å². The van der Waals surface area contributed by atoms with Gasteiger partial charge in [0.05, 0.1) is 37.1 Å². The number of methoxy groups -OCH3 is 1. The summed E-state index contributed by atoms with van der Waals surface area (Å²) < 4.78 is 16.3. The van der Waals surface area contributed by atoms with Crippen LogP contribution in [-0.4, -0.2) is 57.1 Å². The molecule has 1 atom stereocenters. The first-order chi connectivity index (χ1) is 12.6. The Balaban J connectivity index is 2.14. The lowest BCUT2D eigenvalue weighted by Crippen LogP contribution is -2.45. The molecule has 1 aromatic carbocycles. The first kappa shape index (κ1) is 18.6. The summed E-state index contributed by atoms with van der Waals surface area (Å²) in [5.41, 5.74) is 4.60. The fraction of sp³-hybridized carbons (Fsp3) is 0.500. The number of ether oxygens (including phenoxy) is 3. The molecule has 0 amide bonds. The van der Waals surface area contributed by atoms with Crippen LogP contribution in [0.15, 0.2) is 18.3 Å². The first-order valence-electron chi connectivity index (χ1n) is 8.98. The van der Waals surface area contributed by atoms with Gasteiger partial charge >= 0.3 is 5.97 Å². The number of morpholine rings is 1. The number of aryl methyl sites for hydroxylation is 2. The van der Waals surface area contributed by atoms with Crippen molar-refractivity contribution in [1.29, 1.82) is 0 Å². The zero-order chi connectivity index (χ0) is 18.7. The highest BCUT2D eigenvalue weighted by molar-refractivity contribution is 6.06. The number of rotatable bonds is 5. The van der Waals surface area contributed by atoms with Gasteiger partial charge in [-0.05, 0) is 31.9 Å². The van der Waals surface area contributed by atoms with E-state index in [1.165, 1.54) is 5.56 Å². The molecule has 1 saturated heterocycles. The highest BCUT2D eigenvalue weighted by atomic mass is 16.5. The number of aromatic nitrogens is 1. The summed E-state index contributed by atoms with van der Waals surface area (Å²) in [5, 5.41) is 0.969. The summed E-state index contributed by atoms with van der Waals surface area (Å²) in [7, 11) is 1.67. The van der Waals surface area contributed by atoms with Crippen molar-refractivity contribution in [2.75, 3.05) is 44.9 Å². The molecule has 6 heteroatoms. The van der Waals surface area contributed by atoms with Crippen molar-refractivity contribution in [2.45, 2.75) is 26.9 Å². The molecule has 2 aromatic rings. The summed E-state index contributed by atoms with van der Waals surface area (Å²) in [6.07, 6.45) is 1.61. The number of hydrogen-bond acceptors (Lipinski definition) is 6. The van der Waals surface area contributed by atoms with Crippen LogP contribution in [0.4, 0.5) is 5.69 Å². The molecule has 0 radical (unpaired) electrons. The highest BCUT2D eigenvalue weighted by Crippen LogP contribution is 2.33. The maximum atomic E-state index is 12.6. The number of fused-ring (bicyclic) bond motifs is 1. The van der Waals surface area contributed by atoms with Crippen molar-refractivity contribution in [1.82, 2.24) is 4.98 Å². The first-order valence-corrected chi connectivity index (χ1v) is 8.98. The number of pyridine rings is 1. The lowest BCUT2D eigenvalue weighted by molar-refractivity contribution is -0.0100. The predicted molar refractivity (Wildman–Crippen MR) is 101 cm³/mol. The molecule has 26 heavy (non-hydrogen) atoms. The van der Waals surface area contributed by atoms with Crippen molar-refractivity contribution in [3.8, 4) is 0 Å². The van der Waals surface area contributed by atoms with Crippen molar-refractivity contribution in [3.05, 3.63) is 35.0 Å². The van der Waals surface area contributed by atoms with Crippen LogP contribution in [0.25, 0.3) is 10.9 Å². The molecule has 3 rings (SSSR count).